The number of carbonyl (C=O) groups is 1. The molecule has 1 amide bonds. The fourth-order valence-electron chi connectivity index (χ4n) is 3.68. The van der Waals surface area contributed by atoms with Crippen molar-refractivity contribution < 1.29 is 4.79 Å². The van der Waals surface area contributed by atoms with Crippen molar-refractivity contribution in [3.05, 3.63) is 50.1 Å². The third-order valence-electron chi connectivity index (χ3n) is 5.49. The van der Waals surface area contributed by atoms with Crippen LogP contribution in [0, 0.1) is 20.8 Å². The number of aryl methyl sites for hydroxylation is 4. The minimum atomic E-state index is -0.0381. The second-order valence-electron chi connectivity index (χ2n) is 7.52. The average molecular weight is 428 g/mol. The van der Waals surface area contributed by atoms with E-state index in [1.807, 2.05) is 43.9 Å². The van der Waals surface area contributed by atoms with Gasteiger partial charge in [0.25, 0.3) is 5.56 Å². The number of hydrogen-bond donors (Lipinski definition) is 0. The predicted molar refractivity (Wildman–Crippen MR) is 121 cm³/mol. The SMILES string of the molecule is CCc1c(C)sc2nc(SCC(=O)N3CCC3)n(-c3cc(C)ccc3C)c(=O)c12. The number of thiophene rings is 1. The topological polar surface area (TPSA) is 55.2 Å². The monoisotopic (exact) mass is 427 g/mol. The number of amides is 1. The highest BCUT2D eigenvalue weighted by molar-refractivity contribution is 7.99. The van der Waals surface area contributed by atoms with Crippen molar-refractivity contribution in [3.63, 3.8) is 0 Å². The summed E-state index contributed by atoms with van der Waals surface area (Å²) in [7, 11) is 0. The Hall–Kier alpha value is -2.12. The molecule has 3 heterocycles. The zero-order chi connectivity index (χ0) is 20.7. The maximum atomic E-state index is 13.7. The molecule has 4 rings (SSSR count). The van der Waals surface area contributed by atoms with Crippen LogP contribution in [0.5, 0.6) is 0 Å². The van der Waals surface area contributed by atoms with Crippen molar-refractivity contribution in [1.82, 2.24) is 14.5 Å². The molecule has 1 aliphatic heterocycles. The van der Waals surface area contributed by atoms with Gasteiger partial charge in [-0.2, -0.15) is 0 Å². The second kappa shape index (κ2) is 7.95. The molecule has 1 saturated heterocycles. The van der Waals surface area contributed by atoms with Gasteiger partial charge < -0.3 is 4.90 Å². The number of benzene rings is 1. The van der Waals surface area contributed by atoms with Crippen molar-refractivity contribution in [2.45, 2.75) is 45.7 Å². The Morgan fingerprint density at radius 1 is 1.24 bits per heavy atom. The lowest BCUT2D eigenvalue weighted by Crippen LogP contribution is -2.43. The van der Waals surface area contributed by atoms with E-state index in [1.54, 1.807) is 15.9 Å². The van der Waals surface area contributed by atoms with Crippen LogP contribution in [-0.2, 0) is 11.2 Å². The van der Waals surface area contributed by atoms with E-state index in [4.69, 9.17) is 4.98 Å². The first-order chi connectivity index (χ1) is 13.9. The van der Waals surface area contributed by atoms with Crippen LogP contribution in [0.15, 0.2) is 28.2 Å². The lowest BCUT2D eigenvalue weighted by Gasteiger charge is -2.30. The molecule has 29 heavy (non-hydrogen) atoms. The normalized spacial score (nSPS) is 13.7. The number of hydrogen-bond acceptors (Lipinski definition) is 5. The predicted octanol–water partition coefficient (Wildman–Crippen LogP) is 4.26. The summed E-state index contributed by atoms with van der Waals surface area (Å²) in [6.45, 7) is 9.81. The molecular weight excluding hydrogens is 402 g/mol. The molecule has 5 nitrogen and oxygen atoms in total. The molecule has 0 spiro atoms. The summed E-state index contributed by atoms with van der Waals surface area (Å²) in [5.74, 6) is 0.410. The molecule has 0 aliphatic carbocycles. The summed E-state index contributed by atoms with van der Waals surface area (Å²) in [5, 5.41) is 1.31. The molecule has 0 saturated carbocycles. The van der Waals surface area contributed by atoms with Crippen LogP contribution in [0.25, 0.3) is 15.9 Å². The third-order valence-corrected chi connectivity index (χ3v) is 7.45. The third kappa shape index (κ3) is 3.62. The van der Waals surface area contributed by atoms with E-state index in [9.17, 15) is 9.59 Å². The van der Waals surface area contributed by atoms with Gasteiger partial charge in [0.15, 0.2) is 5.16 Å². The van der Waals surface area contributed by atoms with E-state index in [2.05, 4.69) is 6.92 Å². The molecule has 0 bridgehead atoms. The Morgan fingerprint density at radius 3 is 2.66 bits per heavy atom. The molecule has 152 valence electrons. The van der Waals surface area contributed by atoms with Crippen molar-refractivity contribution in [1.29, 1.82) is 0 Å². The van der Waals surface area contributed by atoms with Crippen molar-refractivity contribution >= 4 is 39.2 Å². The number of fused-ring (bicyclic) bond motifs is 1. The molecule has 0 N–H and O–H groups in total. The number of rotatable bonds is 5. The summed E-state index contributed by atoms with van der Waals surface area (Å²) in [4.78, 5) is 34.7. The number of carbonyl (C=O) groups excluding carboxylic acids is 1. The minimum Gasteiger partial charge on any atom is -0.342 e. The van der Waals surface area contributed by atoms with Crippen LogP contribution in [0.1, 0.15) is 34.9 Å². The highest BCUT2D eigenvalue weighted by atomic mass is 32.2. The van der Waals surface area contributed by atoms with E-state index in [1.165, 1.54) is 11.8 Å². The Balaban J connectivity index is 1.89. The van der Waals surface area contributed by atoms with Gasteiger partial charge in [-0.3, -0.25) is 14.2 Å². The number of thioether (sulfide) groups is 1. The first kappa shape index (κ1) is 20.2. The van der Waals surface area contributed by atoms with Gasteiger partial charge in [0.05, 0.1) is 16.8 Å². The smallest absolute Gasteiger partial charge is 0.267 e. The number of aromatic nitrogens is 2. The first-order valence-electron chi connectivity index (χ1n) is 9.94. The standard InChI is InChI=1S/C22H25N3O2S2/c1-5-16-15(4)29-20-19(16)21(27)25(17-11-13(2)7-8-14(17)3)22(23-20)28-12-18(26)24-9-6-10-24/h7-8,11H,5-6,9-10,12H2,1-4H3. The molecular formula is C22H25N3O2S2. The molecule has 1 aromatic carbocycles. The van der Waals surface area contributed by atoms with Crippen LogP contribution < -0.4 is 5.56 Å². The van der Waals surface area contributed by atoms with Crippen LogP contribution in [-0.4, -0.2) is 39.2 Å². The van der Waals surface area contributed by atoms with Crippen molar-refractivity contribution in [3.8, 4) is 5.69 Å². The number of likely N-dealkylation sites (tertiary alicyclic amines) is 1. The largest absolute Gasteiger partial charge is 0.342 e. The van der Waals surface area contributed by atoms with Gasteiger partial charge in [-0.05, 0) is 56.4 Å². The zero-order valence-electron chi connectivity index (χ0n) is 17.2. The minimum absolute atomic E-state index is 0.0381. The van der Waals surface area contributed by atoms with Crippen molar-refractivity contribution in [2.75, 3.05) is 18.8 Å². The van der Waals surface area contributed by atoms with Crippen molar-refractivity contribution in [2.24, 2.45) is 0 Å². The lowest BCUT2D eigenvalue weighted by atomic mass is 10.1. The number of nitrogens with zero attached hydrogens (tertiary/aromatic N) is 3. The highest BCUT2D eigenvalue weighted by Gasteiger charge is 2.23. The fraction of sp³-hybridized carbons (Fsp3) is 0.409. The first-order valence-corrected chi connectivity index (χ1v) is 11.7. The fourth-order valence-corrected chi connectivity index (χ4v) is 5.74. The summed E-state index contributed by atoms with van der Waals surface area (Å²) >= 11 is 2.93. The van der Waals surface area contributed by atoms with Gasteiger partial charge in [-0.15, -0.1) is 11.3 Å². The van der Waals surface area contributed by atoms with E-state index in [0.29, 0.717) is 16.3 Å². The zero-order valence-corrected chi connectivity index (χ0v) is 18.9. The Bertz CT molecular complexity index is 1160. The van der Waals surface area contributed by atoms with Crippen LogP contribution in [0.4, 0.5) is 0 Å². The Kier molecular flexibility index (Phi) is 5.53. The molecule has 7 heteroatoms. The maximum absolute atomic E-state index is 13.7. The van der Waals surface area contributed by atoms with E-state index >= 15 is 0 Å². The summed E-state index contributed by atoms with van der Waals surface area (Å²) in [6.07, 6.45) is 1.87. The van der Waals surface area contributed by atoms with E-state index < -0.39 is 0 Å². The maximum Gasteiger partial charge on any atom is 0.267 e. The lowest BCUT2D eigenvalue weighted by molar-refractivity contribution is -0.131. The van der Waals surface area contributed by atoms with Gasteiger partial charge in [-0.25, -0.2) is 4.98 Å². The van der Waals surface area contributed by atoms with E-state index in [-0.39, 0.29) is 11.5 Å². The Labute approximate surface area is 178 Å². The van der Waals surface area contributed by atoms with Gasteiger partial charge in [0.1, 0.15) is 4.83 Å². The molecule has 2 aromatic heterocycles. The molecule has 1 aliphatic rings. The summed E-state index contributed by atoms with van der Waals surface area (Å²) in [5.41, 5.74) is 3.98. The van der Waals surface area contributed by atoms with Gasteiger partial charge in [-0.1, -0.05) is 30.8 Å². The summed E-state index contributed by atoms with van der Waals surface area (Å²) in [6, 6.07) is 6.10. The molecule has 1 fully saturated rings. The molecule has 0 unspecified atom stereocenters. The average Bonchev–Trinajstić information content (AvgIpc) is 2.96. The van der Waals surface area contributed by atoms with Crippen LogP contribution in [0.3, 0.4) is 0 Å². The van der Waals surface area contributed by atoms with Gasteiger partial charge in [0.2, 0.25) is 5.91 Å². The second-order valence-corrected chi connectivity index (χ2v) is 9.66. The van der Waals surface area contributed by atoms with E-state index in [0.717, 1.165) is 58.0 Å². The van der Waals surface area contributed by atoms with Gasteiger partial charge in [0, 0.05) is 18.0 Å². The quantitative estimate of drug-likeness (QED) is 0.451. The van der Waals surface area contributed by atoms with Crippen LogP contribution in [0.2, 0.25) is 0 Å². The van der Waals surface area contributed by atoms with Crippen LogP contribution >= 0.6 is 23.1 Å². The Morgan fingerprint density at radius 2 is 2.00 bits per heavy atom. The summed E-state index contributed by atoms with van der Waals surface area (Å²) < 4.78 is 1.71. The molecule has 0 atom stereocenters. The van der Waals surface area contributed by atoms with Gasteiger partial charge >= 0.3 is 0 Å². The highest BCUT2D eigenvalue weighted by Crippen LogP contribution is 2.31. The molecule has 3 aromatic rings. The molecule has 0 radical (unpaired) electrons.